The molecule has 0 spiro atoms. The van der Waals surface area contributed by atoms with Gasteiger partial charge < -0.3 is 14.9 Å². The Labute approximate surface area is 78.5 Å². The highest BCUT2D eigenvalue weighted by Gasteiger charge is 2.18. The van der Waals surface area contributed by atoms with Crippen molar-refractivity contribution in [2.75, 3.05) is 13.2 Å². The quantitative estimate of drug-likeness (QED) is 0.607. The summed E-state index contributed by atoms with van der Waals surface area (Å²) < 4.78 is 4.77. The molecule has 0 saturated heterocycles. The van der Waals surface area contributed by atoms with E-state index in [9.17, 15) is 4.79 Å². The van der Waals surface area contributed by atoms with Crippen molar-refractivity contribution in [2.24, 2.45) is 11.8 Å². The highest BCUT2D eigenvalue weighted by atomic mass is 16.5. The van der Waals surface area contributed by atoms with Gasteiger partial charge in [-0.2, -0.15) is 0 Å². The van der Waals surface area contributed by atoms with Crippen molar-refractivity contribution in [1.82, 2.24) is 0 Å². The molecule has 78 valence electrons. The molecule has 2 atom stereocenters. The Kier molecular flexibility index (Phi) is 5.66. The number of hydrogen-bond donors (Lipinski definition) is 2. The molecule has 0 aromatic heterocycles. The minimum absolute atomic E-state index is 0.133. The van der Waals surface area contributed by atoms with E-state index in [-0.39, 0.29) is 31.0 Å². The van der Waals surface area contributed by atoms with E-state index in [0.717, 1.165) is 0 Å². The normalized spacial score (nSPS) is 15.5. The van der Waals surface area contributed by atoms with Crippen molar-refractivity contribution in [3.8, 4) is 0 Å². The van der Waals surface area contributed by atoms with E-state index in [4.69, 9.17) is 14.9 Å². The lowest BCUT2D eigenvalue weighted by Crippen LogP contribution is -2.26. The largest absolute Gasteiger partial charge is 0.463 e. The number of ether oxygens (including phenoxy) is 1. The average molecular weight is 190 g/mol. The van der Waals surface area contributed by atoms with Crippen molar-refractivity contribution < 1.29 is 19.7 Å². The van der Waals surface area contributed by atoms with E-state index >= 15 is 0 Å². The summed E-state index contributed by atoms with van der Waals surface area (Å²) in [6.07, 6.45) is -0.969. The number of aliphatic hydroxyl groups is 2. The van der Waals surface area contributed by atoms with Crippen LogP contribution in [0, 0.1) is 11.8 Å². The first-order valence-corrected chi connectivity index (χ1v) is 4.44. The summed E-state index contributed by atoms with van der Waals surface area (Å²) in [7, 11) is 0. The molecule has 0 fully saturated rings. The summed E-state index contributed by atoms with van der Waals surface area (Å²) in [6.45, 7) is 5.11. The molecule has 0 aliphatic rings. The van der Waals surface area contributed by atoms with E-state index in [1.54, 1.807) is 6.92 Å². The van der Waals surface area contributed by atoms with Gasteiger partial charge in [0.25, 0.3) is 0 Å². The van der Waals surface area contributed by atoms with E-state index in [1.165, 1.54) is 0 Å². The Balaban J connectivity index is 3.74. The molecule has 0 aromatic carbocycles. The molecule has 0 aliphatic heterocycles. The monoisotopic (exact) mass is 190 g/mol. The second kappa shape index (κ2) is 5.94. The second-order valence-corrected chi connectivity index (χ2v) is 3.50. The van der Waals surface area contributed by atoms with Crippen molar-refractivity contribution in [2.45, 2.75) is 26.9 Å². The smallest absolute Gasteiger partial charge is 0.309 e. The number of aliphatic hydroxyl groups excluding tert-OH is 2. The summed E-state index contributed by atoms with van der Waals surface area (Å²) in [5.74, 6) is -0.285. The SMILES string of the molecule is CC(C)C(C)C(=O)OCC(O)CO. The van der Waals surface area contributed by atoms with Crippen molar-refractivity contribution in [3.63, 3.8) is 0 Å². The van der Waals surface area contributed by atoms with Crippen LogP contribution in [0.5, 0.6) is 0 Å². The van der Waals surface area contributed by atoms with E-state index in [1.807, 2.05) is 13.8 Å². The Morgan fingerprint density at radius 3 is 2.31 bits per heavy atom. The zero-order valence-electron chi connectivity index (χ0n) is 8.36. The zero-order chi connectivity index (χ0) is 10.4. The van der Waals surface area contributed by atoms with Crippen LogP contribution in [0.1, 0.15) is 20.8 Å². The molecule has 13 heavy (non-hydrogen) atoms. The third-order valence-electron chi connectivity index (χ3n) is 2.00. The van der Waals surface area contributed by atoms with Gasteiger partial charge in [-0.3, -0.25) is 4.79 Å². The lowest BCUT2D eigenvalue weighted by Gasteiger charge is -2.15. The van der Waals surface area contributed by atoms with E-state index in [0.29, 0.717) is 0 Å². The van der Waals surface area contributed by atoms with Crippen LogP contribution in [-0.4, -0.2) is 35.5 Å². The third-order valence-corrected chi connectivity index (χ3v) is 2.00. The van der Waals surface area contributed by atoms with Gasteiger partial charge in [0, 0.05) is 0 Å². The Morgan fingerprint density at radius 1 is 1.38 bits per heavy atom. The van der Waals surface area contributed by atoms with Crippen molar-refractivity contribution >= 4 is 5.97 Å². The Bertz CT molecular complexity index is 156. The maximum absolute atomic E-state index is 11.2. The molecule has 0 aromatic rings. The summed E-state index contributed by atoms with van der Waals surface area (Å²) in [4.78, 5) is 11.2. The first-order valence-electron chi connectivity index (χ1n) is 4.44. The zero-order valence-corrected chi connectivity index (χ0v) is 8.36. The minimum Gasteiger partial charge on any atom is -0.463 e. The van der Waals surface area contributed by atoms with Crippen LogP contribution < -0.4 is 0 Å². The minimum atomic E-state index is -0.969. The van der Waals surface area contributed by atoms with Crippen LogP contribution in [0.2, 0.25) is 0 Å². The van der Waals surface area contributed by atoms with Gasteiger partial charge in [-0.1, -0.05) is 20.8 Å². The van der Waals surface area contributed by atoms with Crippen LogP contribution in [0.15, 0.2) is 0 Å². The number of carbonyl (C=O) groups excluding carboxylic acids is 1. The first kappa shape index (κ1) is 12.4. The number of carbonyl (C=O) groups is 1. The molecule has 2 N–H and O–H groups in total. The molecule has 0 bridgehead atoms. The average Bonchev–Trinajstić information content (AvgIpc) is 2.11. The van der Waals surface area contributed by atoms with Crippen LogP contribution in [0.4, 0.5) is 0 Å². The Hall–Kier alpha value is -0.610. The van der Waals surface area contributed by atoms with E-state index in [2.05, 4.69) is 0 Å². The summed E-state index contributed by atoms with van der Waals surface area (Å²) in [5.41, 5.74) is 0. The predicted molar refractivity (Wildman–Crippen MR) is 48.1 cm³/mol. The second-order valence-electron chi connectivity index (χ2n) is 3.50. The number of rotatable bonds is 5. The summed E-state index contributed by atoms with van der Waals surface area (Å²) in [6, 6.07) is 0. The molecule has 0 amide bonds. The van der Waals surface area contributed by atoms with Crippen molar-refractivity contribution in [3.05, 3.63) is 0 Å². The summed E-state index contributed by atoms with van der Waals surface area (Å²) in [5, 5.41) is 17.4. The van der Waals surface area contributed by atoms with Gasteiger partial charge in [-0.25, -0.2) is 0 Å². The van der Waals surface area contributed by atoms with Gasteiger partial charge in [0.2, 0.25) is 0 Å². The lowest BCUT2D eigenvalue weighted by atomic mass is 9.99. The Morgan fingerprint density at radius 2 is 1.92 bits per heavy atom. The van der Waals surface area contributed by atoms with Gasteiger partial charge >= 0.3 is 5.97 Å². The van der Waals surface area contributed by atoms with Crippen LogP contribution in [0.25, 0.3) is 0 Å². The lowest BCUT2D eigenvalue weighted by molar-refractivity contribution is -0.153. The maximum atomic E-state index is 11.2. The van der Waals surface area contributed by atoms with Crippen LogP contribution in [0.3, 0.4) is 0 Å². The molecule has 4 heteroatoms. The molecular weight excluding hydrogens is 172 g/mol. The molecule has 0 aliphatic carbocycles. The van der Waals surface area contributed by atoms with Gasteiger partial charge in [-0.05, 0) is 5.92 Å². The first-order chi connectivity index (χ1) is 5.99. The third kappa shape index (κ3) is 4.85. The number of esters is 1. The van der Waals surface area contributed by atoms with Gasteiger partial charge in [0.1, 0.15) is 12.7 Å². The van der Waals surface area contributed by atoms with E-state index < -0.39 is 6.10 Å². The molecule has 0 radical (unpaired) electrons. The van der Waals surface area contributed by atoms with Crippen LogP contribution in [-0.2, 0) is 9.53 Å². The molecule has 0 heterocycles. The molecule has 0 rings (SSSR count). The highest BCUT2D eigenvalue weighted by Crippen LogP contribution is 2.11. The predicted octanol–water partition coefficient (Wildman–Crippen LogP) is 0.175. The fourth-order valence-electron chi connectivity index (χ4n) is 0.635. The highest BCUT2D eigenvalue weighted by molar-refractivity contribution is 5.72. The number of hydrogen-bond acceptors (Lipinski definition) is 4. The molecule has 2 unspecified atom stereocenters. The fourth-order valence-corrected chi connectivity index (χ4v) is 0.635. The standard InChI is InChI=1S/C9H18O4/c1-6(2)7(3)9(12)13-5-8(11)4-10/h6-8,10-11H,4-5H2,1-3H3. The van der Waals surface area contributed by atoms with Crippen LogP contribution >= 0.6 is 0 Å². The fraction of sp³-hybridized carbons (Fsp3) is 0.889. The summed E-state index contributed by atoms with van der Waals surface area (Å²) >= 11 is 0. The van der Waals surface area contributed by atoms with Gasteiger partial charge in [0.05, 0.1) is 12.5 Å². The van der Waals surface area contributed by atoms with Gasteiger partial charge in [0.15, 0.2) is 0 Å². The molecular formula is C9H18O4. The van der Waals surface area contributed by atoms with Gasteiger partial charge in [-0.15, -0.1) is 0 Å². The topological polar surface area (TPSA) is 66.8 Å². The molecule has 0 saturated carbocycles. The van der Waals surface area contributed by atoms with Crippen molar-refractivity contribution in [1.29, 1.82) is 0 Å². The maximum Gasteiger partial charge on any atom is 0.309 e. The molecule has 4 nitrogen and oxygen atoms in total.